The first-order valence-electron chi connectivity index (χ1n) is 8.92. The van der Waals surface area contributed by atoms with Crippen LogP contribution in [0.4, 0.5) is 0 Å². The van der Waals surface area contributed by atoms with Crippen molar-refractivity contribution in [2.24, 2.45) is 34.5 Å². The maximum atomic E-state index is 2.65. The average molecular weight is 270 g/mol. The number of fused-ring (bicyclic) bond motifs is 5. The second-order valence-corrected chi connectivity index (χ2v) is 8.72. The molecule has 0 aliphatic heterocycles. The standard InChI is InChI=1S/C20H30/c1-14-8-12-20(3)15(13-14)6-7-16-17-5-4-10-19(17,2)11-9-18(16)20/h4,10,13-14,16-18H,5-9,11-12H2,1-3H3. The molecule has 0 heteroatoms. The van der Waals surface area contributed by atoms with Gasteiger partial charge in [0, 0.05) is 0 Å². The molecule has 0 spiro atoms. The Morgan fingerprint density at radius 3 is 2.75 bits per heavy atom. The van der Waals surface area contributed by atoms with Gasteiger partial charge in [0.05, 0.1) is 0 Å². The lowest BCUT2D eigenvalue weighted by Crippen LogP contribution is -2.49. The molecule has 0 aromatic rings. The third-order valence-corrected chi connectivity index (χ3v) is 7.67. The minimum atomic E-state index is 0.542. The Kier molecular flexibility index (Phi) is 2.79. The van der Waals surface area contributed by atoms with E-state index in [1.54, 1.807) is 0 Å². The highest BCUT2D eigenvalue weighted by Crippen LogP contribution is 2.64. The molecule has 6 unspecified atom stereocenters. The lowest BCUT2D eigenvalue weighted by atomic mass is 9.47. The highest BCUT2D eigenvalue weighted by molar-refractivity contribution is 5.26. The van der Waals surface area contributed by atoms with Gasteiger partial charge < -0.3 is 0 Å². The summed E-state index contributed by atoms with van der Waals surface area (Å²) in [6.45, 7) is 7.57. The maximum absolute atomic E-state index is 2.65. The van der Waals surface area contributed by atoms with E-state index in [-0.39, 0.29) is 0 Å². The third kappa shape index (κ3) is 1.66. The smallest absolute Gasteiger partial charge is 0.00851 e. The van der Waals surface area contributed by atoms with E-state index in [2.05, 4.69) is 39.0 Å². The zero-order chi connectivity index (χ0) is 14.0. The average Bonchev–Trinajstić information content (AvgIpc) is 2.81. The molecule has 4 aliphatic rings. The fraction of sp³-hybridized carbons (Fsp3) is 0.800. The molecule has 0 aromatic heterocycles. The van der Waals surface area contributed by atoms with Crippen molar-refractivity contribution < 1.29 is 0 Å². The van der Waals surface area contributed by atoms with Crippen LogP contribution in [-0.4, -0.2) is 0 Å². The molecule has 0 heterocycles. The van der Waals surface area contributed by atoms with Crippen LogP contribution >= 0.6 is 0 Å². The van der Waals surface area contributed by atoms with E-state index in [9.17, 15) is 0 Å². The predicted octanol–water partition coefficient (Wildman–Crippen LogP) is 5.75. The van der Waals surface area contributed by atoms with Crippen molar-refractivity contribution in [3.8, 4) is 0 Å². The maximum Gasteiger partial charge on any atom is -0.00851 e. The van der Waals surface area contributed by atoms with Crippen LogP contribution in [-0.2, 0) is 0 Å². The summed E-state index contributed by atoms with van der Waals surface area (Å²) >= 11 is 0. The molecule has 0 aromatic carbocycles. The number of rotatable bonds is 0. The quantitative estimate of drug-likeness (QED) is 0.491. The summed E-state index contributed by atoms with van der Waals surface area (Å²) in [6.07, 6.45) is 17.7. The molecule has 2 fully saturated rings. The lowest BCUT2D eigenvalue weighted by molar-refractivity contribution is -0.0268. The van der Waals surface area contributed by atoms with Crippen molar-refractivity contribution in [3.63, 3.8) is 0 Å². The summed E-state index contributed by atoms with van der Waals surface area (Å²) in [7, 11) is 0. The normalized spacial score (nSPS) is 53.9. The van der Waals surface area contributed by atoms with Crippen molar-refractivity contribution in [2.45, 2.75) is 65.7 Å². The first kappa shape index (κ1) is 13.2. The largest absolute Gasteiger partial charge is 0.0877 e. The first-order valence-corrected chi connectivity index (χ1v) is 8.92. The molecule has 110 valence electrons. The Bertz CT molecular complexity index is 470. The third-order valence-electron chi connectivity index (χ3n) is 7.67. The van der Waals surface area contributed by atoms with Crippen molar-refractivity contribution >= 4 is 0 Å². The van der Waals surface area contributed by atoms with E-state index in [1.165, 1.54) is 44.9 Å². The Balaban J connectivity index is 1.68. The summed E-state index contributed by atoms with van der Waals surface area (Å²) in [4.78, 5) is 0. The van der Waals surface area contributed by atoms with Gasteiger partial charge in [-0.05, 0) is 79.4 Å². The zero-order valence-electron chi connectivity index (χ0n) is 13.5. The van der Waals surface area contributed by atoms with E-state index >= 15 is 0 Å². The topological polar surface area (TPSA) is 0 Å². The van der Waals surface area contributed by atoms with Crippen LogP contribution in [0.3, 0.4) is 0 Å². The highest BCUT2D eigenvalue weighted by Gasteiger charge is 2.54. The van der Waals surface area contributed by atoms with Crippen molar-refractivity contribution in [1.29, 1.82) is 0 Å². The van der Waals surface area contributed by atoms with Gasteiger partial charge in [0.1, 0.15) is 0 Å². The van der Waals surface area contributed by atoms with Gasteiger partial charge in [-0.2, -0.15) is 0 Å². The molecule has 0 saturated heterocycles. The van der Waals surface area contributed by atoms with Crippen molar-refractivity contribution in [3.05, 3.63) is 23.8 Å². The lowest BCUT2D eigenvalue weighted by Gasteiger charge is -2.57. The van der Waals surface area contributed by atoms with Gasteiger partial charge in [0.2, 0.25) is 0 Å². The Labute approximate surface area is 124 Å². The van der Waals surface area contributed by atoms with E-state index in [4.69, 9.17) is 0 Å². The number of allylic oxidation sites excluding steroid dienone is 4. The molecule has 4 aliphatic carbocycles. The van der Waals surface area contributed by atoms with Crippen LogP contribution in [0, 0.1) is 34.5 Å². The fourth-order valence-corrected chi connectivity index (χ4v) is 6.38. The summed E-state index contributed by atoms with van der Waals surface area (Å²) < 4.78 is 0. The Morgan fingerprint density at radius 1 is 1.05 bits per heavy atom. The predicted molar refractivity (Wildman–Crippen MR) is 85.4 cm³/mol. The SMILES string of the molecule is CC1C=C2CCC3C4CC=CC4(C)CCC3C2(C)CC1. The van der Waals surface area contributed by atoms with Gasteiger partial charge in [-0.25, -0.2) is 0 Å². The Morgan fingerprint density at radius 2 is 1.90 bits per heavy atom. The summed E-state index contributed by atoms with van der Waals surface area (Å²) in [5.74, 6) is 3.77. The van der Waals surface area contributed by atoms with E-state index in [0.717, 1.165) is 23.7 Å². The van der Waals surface area contributed by atoms with Crippen LogP contribution in [0.1, 0.15) is 65.7 Å². The van der Waals surface area contributed by atoms with E-state index in [0.29, 0.717) is 10.8 Å². The van der Waals surface area contributed by atoms with Crippen LogP contribution in [0.15, 0.2) is 23.8 Å². The molecular formula is C20H30. The molecular weight excluding hydrogens is 240 g/mol. The van der Waals surface area contributed by atoms with Gasteiger partial charge in [-0.15, -0.1) is 0 Å². The minimum absolute atomic E-state index is 0.542. The van der Waals surface area contributed by atoms with Crippen LogP contribution in [0.25, 0.3) is 0 Å². The fourth-order valence-electron chi connectivity index (χ4n) is 6.38. The van der Waals surface area contributed by atoms with Crippen molar-refractivity contribution in [2.75, 3.05) is 0 Å². The van der Waals surface area contributed by atoms with Crippen molar-refractivity contribution in [1.82, 2.24) is 0 Å². The Hall–Kier alpha value is -0.520. The summed E-state index contributed by atoms with van der Waals surface area (Å²) in [5.41, 5.74) is 2.94. The molecule has 0 radical (unpaired) electrons. The molecule has 0 bridgehead atoms. The van der Waals surface area contributed by atoms with E-state index in [1.807, 2.05) is 5.57 Å². The molecule has 6 atom stereocenters. The van der Waals surface area contributed by atoms with Gasteiger partial charge in [0.25, 0.3) is 0 Å². The minimum Gasteiger partial charge on any atom is -0.0877 e. The zero-order valence-corrected chi connectivity index (χ0v) is 13.5. The second-order valence-electron chi connectivity index (χ2n) is 8.72. The molecule has 20 heavy (non-hydrogen) atoms. The summed E-state index contributed by atoms with van der Waals surface area (Å²) in [5, 5.41) is 0. The molecule has 0 nitrogen and oxygen atoms in total. The van der Waals surface area contributed by atoms with Crippen LogP contribution in [0.5, 0.6) is 0 Å². The van der Waals surface area contributed by atoms with Crippen LogP contribution in [0.2, 0.25) is 0 Å². The van der Waals surface area contributed by atoms with Crippen LogP contribution < -0.4 is 0 Å². The first-order chi connectivity index (χ1) is 9.53. The monoisotopic (exact) mass is 270 g/mol. The van der Waals surface area contributed by atoms with E-state index < -0.39 is 0 Å². The molecule has 0 amide bonds. The van der Waals surface area contributed by atoms with Gasteiger partial charge in [-0.1, -0.05) is 44.6 Å². The summed E-state index contributed by atoms with van der Waals surface area (Å²) in [6, 6.07) is 0. The molecule has 4 rings (SSSR count). The van der Waals surface area contributed by atoms with Gasteiger partial charge >= 0.3 is 0 Å². The highest BCUT2D eigenvalue weighted by atomic mass is 14.6. The van der Waals surface area contributed by atoms with Gasteiger partial charge in [-0.3, -0.25) is 0 Å². The molecule has 2 saturated carbocycles. The number of hydrogen-bond acceptors (Lipinski definition) is 0. The number of hydrogen-bond donors (Lipinski definition) is 0. The van der Waals surface area contributed by atoms with Gasteiger partial charge in [0.15, 0.2) is 0 Å². The molecule has 0 N–H and O–H groups in total. The second kappa shape index (κ2) is 4.24.